The SMILES string of the molecule is CN1C(=O)[C@H](Cc2ccc(OCc3ccccc3)cc2)N2C[C@H]1CC21C=CC(=O)C=C1. The maximum absolute atomic E-state index is 13.2. The Labute approximate surface area is 182 Å². The third-order valence-electron chi connectivity index (χ3n) is 6.73. The highest BCUT2D eigenvalue weighted by molar-refractivity contribution is 6.00. The lowest BCUT2D eigenvalue weighted by molar-refractivity contribution is -0.141. The van der Waals surface area contributed by atoms with E-state index < -0.39 is 0 Å². The zero-order valence-electron chi connectivity index (χ0n) is 17.6. The lowest BCUT2D eigenvalue weighted by atomic mass is 9.89. The number of ether oxygens (including phenoxy) is 1. The summed E-state index contributed by atoms with van der Waals surface area (Å²) in [6, 6.07) is 18.0. The molecule has 2 fully saturated rings. The van der Waals surface area contributed by atoms with Gasteiger partial charge in [0.05, 0.1) is 11.6 Å². The summed E-state index contributed by atoms with van der Waals surface area (Å²) in [5.41, 5.74) is 1.88. The average molecular weight is 415 g/mol. The molecule has 2 aromatic carbocycles. The molecular weight excluding hydrogens is 388 g/mol. The molecule has 3 aliphatic rings. The van der Waals surface area contributed by atoms with Crippen molar-refractivity contribution in [2.75, 3.05) is 13.6 Å². The van der Waals surface area contributed by atoms with Crippen LogP contribution in [0.1, 0.15) is 17.5 Å². The largest absolute Gasteiger partial charge is 0.489 e. The normalized spacial score (nSPS) is 26.0. The second kappa shape index (κ2) is 7.82. The van der Waals surface area contributed by atoms with Gasteiger partial charge >= 0.3 is 0 Å². The summed E-state index contributed by atoms with van der Waals surface area (Å²) in [6.07, 6.45) is 8.71. The maximum Gasteiger partial charge on any atom is 0.240 e. The van der Waals surface area contributed by atoms with Crippen LogP contribution in [0.25, 0.3) is 0 Å². The number of hydrogen-bond acceptors (Lipinski definition) is 4. The van der Waals surface area contributed by atoms with E-state index in [0.717, 1.165) is 29.8 Å². The van der Waals surface area contributed by atoms with Gasteiger partial charge in [-0.05, 0) is 48.3 Å². The number of benzene rings is 2. The lowest BCUT2D eigenvalue weighted by Crippen LogP contribution is -2.59. The van der Waals surface area contributed by atoms with Crippen LogP contribution in [-0.2, 0) is 22.6 Å². The molecule has 1 spiro atoms. The van der Waals surface area contributed by atoms with Gasteiger partial charge in [-0.15, -0.1) is 0 Å². The molecule has 5 rings (SSSR count). The Morgan fingerprint density at radius 1 is 0.968 bits per heavy atom. The number of carbonyl (C=O) groups excluding carboxylic acids is 2. The van der Waals surface area contributed by atoms with Gasteiger partial charge in [-0.25, -0.2) is 0 Å². The minimum atomic E-state index is -0.345. The average Bonchev–Trinajstić information content (AvgIpc) is 3.14. The van der Waals surface area contributed by atoms with Crippen LogP contribution in [0.4, 0.5) is 0 Å². The maximum atomic E-state index is 13.2. The molecule has 2 aromatic rings. The van der Waals surface area contributed by atoms with E-state index in [1.54, 1.807) is 12.2 Å². The fourth-order valence-electron chi connectivity index (χ4n) is 4.96. The van der Waals surface area contributed by atoms with Crippen LogP contribution >= 0.6 is 0 Å². The van der Waals surface area contributed by atoms with Crippen molar-refractivity contribution in [3.05, 3.63) is 90.0 Å². The van der Waals surface area contributed by atoms with Crippen molar-refractivity contribution < 1.29 is 14.3 Å². The quantitative estimate of drug-likeness (QED) is 0.754. The summed E-state index contributed by atoms with van der Waals surface area (Å²) < 4.78 is 5.89. The summed E-state index contributed by atoms with van der Waals surface area (Å²) in [5, 5.41) is 0. The summed E-state index contributed by atoms with van der Waals surface area (Å²) in [4.78, 5) is 29.0. The van der Waals surface area contributed by atoms with Crippen molar-refractivity contribution in [2.45, 2.75) is 37.1 Å². The van der Waals surface area contributed by atoms with Crippen LogP contribution in [0.15, 0.2) is 78.9 Å². The van der Waals surface area contributed by atoms with Gasteiger partial charge in [0.1, 0.15) is 12.4 Å². The van der Waals surface area contributed by atoms with Crippen molar-refractivity contribution in [2.24, 2.45) is 0 Å². The summed E-state index contributed by atoms with van der Waals surface area (Å²) in [5.74, 6) is 0.973. The molecule has 2 heterocycles. The number of ketones is 1. The number of nitrogens with zero attached hydrogens (tertiary/aromatic N) is 2. The Balaban J connectivity index is 1.31. The van der Waals surface area contributed by atoms with Gasteiger partial charge in [0.25, 0.3) is 0 Å². The fraction of sp³-hybridized carbons (Fsp3) is 0.308. The van der Waals surface area contributed by atoms with E-state index in [-0.39, 0.29) is 29.3 Å². The number of amides is 1. The van der Waals surface area contributed by atoms with Gasteiger partial charge in [0.2, 0.25) is 5.91 Å². The van der Waals surface area contributed by atoms with E-state index in [4.69, 9.17) is 4.74 Å². The summed E-state index contributed by atoms with van der Waals surface area (Å²) in [6.45, 7) is 1.36. The first-order valence-electron chi connectivity index (χ1n) is 10.8. The predicted octanol–water partition coefficient (Wildman–Crippen LogP) is 3.16. The molecule has 0 aromatic heterocycles. The molecule has 1 amide bonds. The van der Waals surface area contributed by atoms with Crippen LogP contribution in [0, 0.1) is 0 Å². The smallest absolute Gasteiger partial charge is 0.240 e. The van der Waals surface area contributed by atoms with Crippen LogP contribution in [-0.4, -0.2) is 52.7 Å². The fourth-order valence-corrected chi connectivity index (χ4v) is 4.96. The molecule has 5 heteroatoms. The highest BCUT2D eigenvalue weighted by atomic mass is 16.5. The van der Waals surface area contributed by atoms with Crippen molar-refractivity contribution in [3.63, 3.8) is 0 Å². The molecule has 0 N–H and O–H groups in total. The number of hydrogen-bond donors (Lipinski definition) is 0. The van der Waals surface area contributed by atoms with Gasteiger partial charge in [-0.3, -0.25) is 14.5 Å². The Kier molecular flexibility index (Phi) is 4.98. The van der Waals surface area contributed by atoms with Gasteiger partial charge < -0.3 is 9.64 Å². The molecule has 158 valence electrons. The first-order valence-corrected chi connectivity index (χ1v) is 10.8. The zero-order valence-corrected chi connectivity index (χ0v) is 17.6. The zero-order chi connectivity index (χ0) is 21.4. The number of likely N-dealkylation sites (N-methyl/N-ethyl adjacent to an activating group) is 1. The summed E-state index contributed by atoms with van der Waals surface area (Å²) >= 11 is 0. The van der Waals surface area contributed by atoms with Crippen LogP contribution < -0.4 is 4.74 Å². The van der Waals surface area contributed by atoms with E-state index >= 15 is 0 Å². The molecule has 31 heavy (non-hydrogen) atoms. The standard InChI is InChI=1S/C26H26N2O3/c1-27-21-16-26(13-11-22(29)12-14-26)28(17-21)24(25(27)30)15-19-7-9-23(10-8-19)31-18-20-5-3-2-4-6-20/h2-14,21,24H,15-18H2,1H3/t21-,24+/m1/s1. The third-order valence-corrected chi connectivity index (χ3v) is 6.73. The van der Waals surface area contributed by atoms with E-state index in [0.29, 0.717) is 13.0 Å². The number of carbonyl (C=O) groups is 2. The van der Waals surface area contributed by atoms with Crippen molar-refractivity contribution in [3.8, 4) is 5.75 Å². The summed E-state index contributed by atoms with van der Waals surface area (Å²) in [7, 11) is 1.90. The molecule has 0 radical (unpaired) electrons. The van der Waals surface area contributed by atoms with E-state index in [1.807, 2.05) is 78.7 Å². The first-order chi connectivity index (χ1) is 15.0. The Bertz CT molecular complexity index is 1030. The highest BCUT2D eigenvalue weighted by Gasteiger charge is 2.54. The van der Waals surface area contributed by atoms with Gasteiger partial charge in [0.15, 0.2) is 5.78 Å². The highest BCUT2D eigenvalue weighted by Crippen LogP contribution is 2.41. The monoisotopic (exact) mass is 414 g/mol. The number of piperazine rings is 1. The molecule has 1 unspecified atom stereocenters. The molecule has 0 saturated carbocycles. The van der Waals surface area contributed by atoms with Crippen molar-refractivity contribution in [1.82, 2.24) is 9.80 Å². The molecular formula is C26H26N2O3. The Hall–Kier alpha value is -3.18. The van der Waals surface area contributed by atoms with Crippen molar-refractivity contribution >= 4 is 11.7 Å². The molecule has 2 bridgehead atoms. The molecule has 2 saturated heterocycles. The Morgan fingerprint density at radius 3 is 2.39 bits per heavy atom. The minimum absolute atomic E-state index is 0.00981. The molecule has 2 aliphatic heterocycles. The number of fused-ring (bicyclic) bond motifs is 3. The van der Waals surface area contributed by atoms with Gasteiger partial charge in [-0.1, -0.05) is 54.6 Å². The van der Waals surface area contributed by atoms with Gasteiger partial charge in [-0.2, -0.15) is 0 Å². The van der Waals surface area contributed by atoms with Crippen LogP contribution in [0.3, 0.4) is 0 Å². The van der Waals surface area contributed by atoms with Crippen molar-refractivity contribution in [1.29, 1.82) is 0 Å². The molecule has 3 atom stereocenters. The first kappa shape index (κ1) is 19.8. The second-order valence-corrected chi connectivity index (χ2v) is 8.66. The van der Waals surface area contributed by atoms with E-state index in [9.17, 15) is 9.59 Å². The topological polar surface area (TPSA) is 49.9 Å². The number of rotatable bonds is 5. The van der Waals surface area contributed by atoms with Crippen LogP contribution in [0.2, 0.25) is 0 Å². The predicted molar refractivity (Wildman–Crippen MR) is 119 cm³/mol. The molecule has 5 nitrogen and oxygen atoms in total. The molecule has 1 aliphatic carbocycles. The van der Waals surface area contributed by atoms with Gasteiger partial charge in [0, 0.05) is 19.6 Å². The van der Waals surface area contributed by atoms with E-state index in [2.05, 4.69) is 4.90 Å². The minimum Gasteiger partial charge on any atom is -0.489 e. The van der Waals surface area contributed by atoms with Crippen LogP contribution in [0.5, 0.6) is 5.75 Å². The Morgan fingerprint density at radius 2 is 1.68 bits per heavy atom. The number of allylic oxidation sites excluding steroid dienone is 2. The lowest BCUT2D eigenvalue weighted by Gasteiger charge is -2.42. The van der Waals surface area contributed by atoms with E-state index in [1.165, 1.54) is 0 Å². The second-order valence-electron chi connectivity index (χ2n) is 8.66. The third kappa shape index (κ3) is 3.70.